The third kappa shape index (κ3) is 4.11. The number of nitrogens with one attached hydrogen (secondary N) is 2. The molecule has 0 amide bonds. The van der Waals surface area contributed by atoms with Crippen molar-refractivity contribution in [1.29, 1.82) is 0 Å². The second-order valence-corrected chi connectivity index (χ2v) is 7.13. The van der Waals surface area contributed by atoms with Gasteiger partial charge in [-0.2, -0.15) is 5.21 Å². The monoisotopic (exact) mass is 428 g/mol. The van der Waals surface area contributed by atoms with Gasteiger partial charge in [0.2, 0.25) is 4.77 Å². The Kier molecular flexibility index (Phi) is 5.63. The lowest BCUT2D eigenvalue weighted by molar-refractivity contribution is -0.140. The summed E-state index contributed by atoms with van der Waals surface area (Å²) in [4.78, 5) is 13.2. The maximum Gasteiger partial charge on any atom is 0.329 e. The number of tetrazole rings is 1. The summed E-state index contributed by atoms with van der Waals surface area (Å²) in [5.41, 5.74) is 2.29. The van der Waals surface area contributed by atoms with Gasteiger partial charge in [0.25, 0.3) is 0 Å². The highest BCUT2D eigenvalue weighted by Crippen LogP contribution is 2.29. The van der Waals surface area contributed by atoms with Crippen LogP contribution >= 0.6 is 12.2 Å². The molecule has 0 aliphatic carbocycles. The predicted octanol–water partition coefficient (Wildman–Crippen LogP) is 1.80. The second-order valence-electron chi connectivity index (χ2n) is 6.76. The number of anilines is 2. The summed E-state index contributed by atoms with van der Waals surface area (Å²) < 4.78 is 7.68. The summed E-state index contributed by atoms with van der Waals surface area (Å²) >= 11 is 5.11. The summed E-state index contributed by atoms with van der Waals surface area (Å²) in [6.07, 6.45) is -0.477. The van der Waals surface area contributed by atoms with Gasteiger partial charge in [0, 0.05) is 24.0 Å². The highest BCUT2D eigenvalue weighted by molar-refractivity contribution is 7.71. The van der Waals surface area contributed by atoms with Crippen LogP contribution in [0.2, 0.25) is 0 Å². The summed E-state index contributed by atoms with van der Waals surface area (Å²) in [6, 6.07) is 13.7. The van der Waals surface area contributed by atoms with Crippen LogP contribution in [0.1, 0.15) is 6.42 Å². The van der Waals surface area contributed by atoms with E-state index in [2.05, 4.69) is 20.8 Å². The molecule has 3 aromatic rings. The molecule has 4 rings (SSSR count). The fourth-order valence-electron chi connectivity index (χ4n) is 3.44. The van der Waals surface area contributed by atoms with Crippen molar-refractivity contribution in [2.24, 2.45) is 0 Å². The Hall–Kier alpha value is -3.44. The number of aromatic amines is 1. The molecule has 0 radical (unpaired) electrons. The van der Waals surface area contributed by atoms with Crippen LogP contribution in [0.25, 0.3) is 5.69 Å². The van der Waals surface area contributed by atoms with Gasteiger partial charge in [-0.25, -0.2) is 9.48 Å². The Morgan fingerprint density at radius 3 is 2.83 bits per heavy atom. The number of hydrogen-bond donors (Lipinski definition) is 4. The number of hydrogen-bond acceptors (Lipinski definition) is 8. The molecule has 11 heteroatoms. The summed E-state index contributed by atoms with van der Waals surface area (Å²) in [6.45, 7) is 0.669. The number of aliphatic carboxylic acids is 1. The lowest BCUT2D eigenvalue weighted by Crippen LogP contribution is -2.41. The molecule has 156 valence electrons. The quantitative estimate of drug-likeness (QED) is 0.329. The zero-order valence-corrected chi connectivity index (χ0v) is 16.6. The van der Waals surface area contributed by atoms with E-state index in [1.54, 1.807) is 33.8 Å². The van der Waals surface area contributed by atoms with E-state index in [-0.39, 0.29) is 6.73 Å². The SMILES string of the molecule is O=C(O)C1C(O)CCN1c1cccc(OCNc2cccc(-n3[nH]nnc3=S)c2)c1. The molecule has 0 bridgehead atoms. The molecule has 1 saturated heterocycles. The van der Waals surface area contributed by atoms with Crippen molar-refractivity contribution in [3.63, 3.8) is 0 Å². The van der Waals surface area contributed by atoms with E-state index in [4.69, 9.17) is 17.0 Å². The number of ether oxygens (including phenoxy) is 1. The van der Waals surface area contributed by atoms with Gasteiger partial charge < -0.3 is 25.2 Å². The van der Waals surface area contributed by atoms with Crippen LogP contribution in [0.5, 0.6) is 5.75 Å². The van der Waals surface area contributed by atoms with Crippen LogP contribution in [0, 0.1) is 4.77 Å². The fourth-order valence-corrected chi connectivity index (χ4v) is 3.63. The van der Waals surface area contributed by atoms with E-state index in [0.29, 0.717) is 29.2 Å². The third-order valence-corrected chi connectivity index (χ3v) is 5.12. The number of rotatable bonds is 7. The number of aliphatic hydroxyl groups is 1. The average Bonchev–Trinajstić information content (AvgIpc) is 3.34. The molecule has 2 unspecified atom stereocenters. The number of carboxylic acid groups (broad SMARTS) is 1. The minimum atomic E-state index is -1.04. The van der Waals surface area contributed by atoms with Crippen LogP contribution < -0.4 is 15.0 Å². The molecule has 2 aromatic carbocycles. The molecule has 30 heavy (non-hydrogen) atoms. The number of aromatic nitrogens is 4. The smallest absolute Gasteiger partial charge is 0.329 e. The van der Waals surface area contributed by atoms with Gasteiger partial charge in [-0.1, -0.05) is 22.4 Å². The van der Waals surface area contributed by atoms with Gasteiger partial charge in [-0.05, 0) is 49.0 Å². The van der Waals surface area contributed by atoms with Crippen molar-refractivity contribution in [2.75, 3.05) is 23.5 Å². The maximum absolute atomic E-state index is 11.5. The van der Waals surface area contributed by atoms with E-state index < -0.39 is 18.1 Å². The van der Waals surface area contributed by atoms with Crippen molar-refractivity contribution in [3.8, 4) is 11.4 Å². The molecule has 2 atom stereocenters. The van der Waals surface area contributed by atoms with Gasteiger partial charge in [0.1, 0.15) is 5.75 Å². The number of aliphatic hydroxyl groups excluding tert-OH is 1. The van der Waals surface area contributed by atoms with Crippen LogP contribution in [-0.2, 0) is 4.79 Å². The van der Waals surface area contributed by atoms with E-state index >= 15 is 0 Å². The second kappa shape index (κ2) is 8.51. The largest absolute Gasteiger partial charge is 0.480 e. The van der Waals surface area contributed by atoms with Crippen LogP contribution in [0.15, 0.2) is 48.5 Å². The Morgan fingerprint density at radius 2 is 2.07 bits per heavy atom. The molecule has 0 spiro atoms. The van der Waals surface area contributed by atoms with Crippen LogP contribution in [0.4, 0.5) is 11.4 Å². The minimum Gasteiger partial charge on any atom is -0.480 e. The zero-order chi connectivity index (χ0) is 21.1. The highest BCUT2D eigenvalue weighted by atomic mass is 32.1. The number of H-pyrrole nitrogens is 1. The molecule has 4 N–H and O–H groups in total. The average molecular weight is 428 g/mol. The minimum absolute atomic E-state index is 0.199. The van der Waals surface area contributed by atoms with E-state index in [9.17, 15) is 15.0 Å². The summed E-state index contributed by atoms with van der Waals surface area (Å²) in [5.74, 6) is -0.456. The Labute approximate surface area is 176 Å². The molecule has 1 fully saturated rings. The Balaban J connectivity index is 1.41. The van der Waals surface area contributed by atoms with Crippen LogP contribution in [-0.4, -0.2) is 61.8 Å². The Morgan fingerprint density at radius 1 is 1.27 bits per heavy atom. The maximum atomic E-state index is 11.5. The fraction of sp³-hybridized carbons (Fsp3) is 0.263. The molecule has 0 saturated carbocycles. The number of carboxylic acids is 1. The van der Waals surface area contributed by atoms with Crippen molar-refractivity contribution in [3.05, 3.63) is 53.3 Å². The normalized spacial score (nSPS) is 18.4. The first kappa shape index (κ1) is 19.9. The van der Waals surface area contributed by atoms with E-state index in [1.165, 1.54) is 0 Å². The molecule has 1 aliphatic heterocycles. The van der Waals surface area contributed by atoms with Crippen molar-refractivity contribution >= 4 is 29.6 Å². The van der Waals surface area contributed by atoms with Gasteiger partial charge in [0.05, 0.1) is 11.8 Å². The zero-order valence-electron chi connectivity index (χ0n) is 15.8. The molecule has 1 aromatic heterocycles. The van der Waals surface area contributed by atoms with Crippen molar-refractivity contribution in [2.45, 2.75) is 18.6 Å². The van der Waals surface area contributed by atoms with E-state index in [1.807, 2.05) is 24.3 Å². The first-order chi connectivity index (χ1) is 14.5. The number of carbonyl (C=O) groups is 1. The third-order valence-electron chi connectivity index (χ3n) is 4.86. The van der Waals surface area contributed by atoms with Gasteiger partial charge in [-0.15, -0.1) is 0 Å². The first-order valence-electron chi connectivity index (χ1n) is 9.28. The number of benzene rings is 2. The molecular formula is C19H20N6O4S. The Bertz CT molecular complexity index is 1100. The van der Waals surface area contributed by atoms with E-state index in [0.717, 1.165) is 11.4 Å². The van der Waals surface area contributed by atoms with Crippen molar-refractivity contribution < 1.29 is 19.7 Å². The molecule has 10 nitrogen and oxygen atoms in total. The summed E-state index contributed by atoms with van der Waals surface area (Å²) in [7, 11) is 0. The molecular weight excluding hydrogens is 408 g/mol. The predicted molar refractivity (Wildman–Crippen MR) is 111 cm³/mol. The van der Waals surface area contributed by atoms with Crippen molar-refractivity contribution in [1.82, 2.24) is 20.2 Å². The standard InChI is InChI=1S/C19H20N6O4S/c26-16-7-8-24(17(16)18(27)28)13-4-2-6-15(10-13)29-11-20-12-3-1-5-14(9-12)25-19(30)21-22-23-25/h1-6,9-10,16-17,20,26H,7-8,11H2,(H,27,28)(H,21,23,30). The summed E-state index contributed by atoms with van der Waals surface area (Å²) in [5, 5.41) is 32.7. The van der Waals surface area contributed by atoms with Gasteiger partial charge in [0.15, 0.2) is 12.8 Å². The lowest BCUT2D eigenvalue weighted by Gasteiger charge is -2.25. The lowest BCUT2D eigenvalue weighted by atomic mass is 10.1. The van der Waals surface area contributed by atoms with Crippen LogP contribution in [0.3, 0.4) is 0 Å². The van der Waals surface area contributed by atoms with Gasteiger partial charge >= 0.3 is 5.97 Å². The topological polar surface area (TPSA) is 129 Å². The number of nitrogens with zero attached hydrogens (tertiary/aromatic N) is 4. The van der Waals surface area contributed by atoms with Gasteiger partial charge in [-0.3, -0.25) is 0 Å². The molecule has 2 heterocycles. The first-order valence-corrected chi connectivity index (χ1v) is 9.68. The highest BCUT2D eigenvalue weighted by Gasteiger charge is 2.38. The molecule has 1 aliphatic rings.